The van der Waals surface area contributed by atoms with Gasteiger partial charge in [0.2, 0.25) is 0 Å². The largest absolute Gasteiger partial charge is 0.508 e. The number of rotatable bonds is 3. The molecule has 1 rings (SSSR count). The van der Waals surface area contributed by atoms with Crippen LogP contribution in [-0.4, -0.2) is 27.3 Å². The first-order valence-corrected chi connectivity index (χ1v) is 3.97. The number of aliphatic hydroxyl groups excluding tert-OH is 1. The number of carboxylic acids is 1. The Bertz CT molecular complexity index is 339. The molecule has 0 aliphatic rings. The van der Waals surface area contributed by atoms with Crippen LogP contribution in [0.15, 0.2) is 24.3 Å². The van der Waals surface area contributed by atoms with E-state index in [4.69, 9.17) is 15.9 Å². The van der Waals surface area contributed by atoms with Crippen molar-refractivity contribution in [3.63, 3.8) is 0 Å². The van der Waals surface area contributed by atoms with E-state index in [1.54, 1.807) is 0 Å². The van der Waals surface area contributed by atoms with Gasteiger partial charge in [-0.3, -0.25) is 4.79 Å². The third-order valence-corrected chi connectivity index (χ3v) is 1.84. The highest BCUT2D eigenvalue weighted by molar-refractivity contribution is 5.74. The van der Waals surface area contributed by atoms with Crippen LogP contribution in [-0.2, 0) is 4.79 Å². The lowest BCUT2D eigenvalue weighted by molar-refractivity contribution is -0.141. The molecule has 0 amide bonds. The van der Waals surface area contributed by atoms with Gasteiger partial charge in [-0.1, -0.05) is 12.1 Å². The van der Waals surface area contributed by atoms with Crippen LogP contribution in [0.3, 0.4) is 0 Å². The van der Waals surface area contributed by atoms with Gasteiger partial charge in [0.15, 0.2) is 0 Å². The van der Waals surface area contributed by atoms with Crippen molar-refractivity contribution in [2.45, 2.75) is 12.1 Å². The number of aliphatic carboxylic acids is 1. The Morgan fingerprint density at radius 1 is 1.43 bits per heavy atom. The van der Waals surface area contributed by atoms with E-state index in [0.717, 1.165) is 0 Å². The summed E-state index contributed by atoms with van der Waals surface area (Å²) in [5.74, 6) is -1.33. The maximum absolute atomic E-state index is 10.5. The summed E-state index contributed by atoms with van der Waals surface area (Å²) in [6.07, 6.45) is -1.32. The zero-order chi connectivity index (χ0) is 10.7. The number of carboxylic acid groups (broad SMARTS) is 1. The molecule has 1 aromatic carbocycles. The predicted octanol–water partition coefficient (Wildman–Crippen LogP) is -0.163. The fraction of sp³-hybridized carbons (Fsp3) is 0.222. The van der Waals surface area contributed by atoms with Crippen molar-refractivity contribution in [2.24, 2.45) is 5.73 Å². The van der Waals surface area contributed by atoms with Gasteiger partial charge in [0, 0.05) is 0 Å². The van der Waals surface area contributed by atoms with E-state index in [0.29, 0.717) is 0 Å². The highest BCUT2D eigenvalue weighted by Crippen LogP contribution is 2.19. The molecule has 0 spiro atoms. The highest BCUT2D eigenvalue weighted by Gasteiger charge is 2.23. The average molecular weight is 197 g/mol. The lowest BCUT2D eigenvalue weighted by Gasteiger charge is -2.14. The van der Waals surface area contributed by atoms with Crippen molar-refractivity contribution in [1.29, 1.82) is 0 Å². The van der Waals surface area contributed by atoms with E-state index in [9.17, 15) is 9.90 Å². The van der Waals surface area contributed by atoms with Crippen molar-refractivity contribution in [2.75, 3.05) is 0 Å². The van der Waals surface area contributed by atoms with E-state index in [1.165, 1.54) is 24.3 Å². The third-order valence-electron chi connectivity index (χ3n) is 1.84. The normalized spacial score (nSPS) is 14.7. The van der Waals surface area contributed by atoms with Crippen LogP contribution < -0.4 is 5.73 Å². The Kier molecular flexibility index (Phi) is 3.06. The van der Waals surface area contributed by atoms with Gasteiger partial charge >= 0.3 is 5.97 Å². The van der Waals surface area contributed by atoms with Crippen LogP contribution in [0, 0.1) is 0 Å². The number of aliphatic hydroxyl groups is 1. The molecule has 76 valence electrons. The van der Waals surface area contributed by atoms with E-state index >= 15 is 0 Å². The molecule has 0 heterocycles. The molecular formula is C9H11NO4. The summed E-state index contributed by atoms with van der Waals surface area (Å²) >= 11 is 0. The lowest BCUT2D eigenvalue weighted by Crippen LogP contribution is -2.36. The summed E-state index contributed by atoms with van der Waals surface area (Å²) in [6, 6.07) is 4.29. The first-order chi connectivity index (χ1) is 6.52. The molecule has 0 aliphatic carbocycles. The van der Waals surface area contributed by atoms with Crippen LogP contribution in [0.2, 0.25) is 0 Å². The summed E-state index contributed by atoms with van der Waals surface area (Å²) in [4.78, 5) is 10.5. The van der Waals surface area contributed by atoms with E-state index < -0.39 is 18.1 Å². The SMILES string of the molecule is N[C@@H](C(=O)O)[C@H](O)c1cccc(O)c1. The Hall–Kier alpha value is -1.59. The maximum atomic E-state index is 10.5. The topological polar surface area (TPSA) is 104 Å². The smallest absolute Gasteiger partial charge is 0.323 e. The molecule has 5 heteroatoms. The van der Waals surface area contributed by atoms with Gasteiger partial charge < -0.3 is 21.1 Å². The Morgan fingerprint density at radius 3 is 2.57 bits per heavy atom. The quantitative estimate of drug-likeness (QED) is 0.539. The second-order valence-corrected chi connectivity index (χ2v) is 2.90. The fourth-order valence-corrected chi connectivity index (χ4v) is 1.05. The van der Waals surface area contributed by atoms with Crippen molar-refractivity contribution in [3.8, 4) is 5.75 Å². The van der Waals surface area contributed by atoms with E-state index in [1.807, 2.05) is 0 Å². The average Bonchev–Trinajstić information content (AvgIpc) is 2.15. The first-order valence-electron chi connectivity index (χ1n) is 3.97. The molecule has 0 saturated heterocycles. The second-order valence-electron chi connectivity index (χ2n) is 2.90. The fourth-order valence-electron chi connectivity index (χ4n) is 1.05. The summed E-state index contributed by atoms with van der Waals surface area (Å²) in [5.41, 5.74) is 5.49. The van der Waals surface area contributed by atoms with Gasteiger partial charge in [0.25, 0.3) is 0 Å². The van der Waals surface area contributed by atoms with Crippen LogP contribution in [0.4, 0.5) is 0 Å². The minimum Gasteiger partial charge on any atom is -0.508 e. The molecular weight excluding hydrogens is 186 g/mol. The molecule has 5 N–H and O–H groups in total. The van der Waals surface area contributed by atoms with E-state index in [-0.39, 0.29) is 11.3 Å². The number of nitrogens with two attached hydrogens (primary N) is 1. The van der Waals surface area contributed by atoms with Crippen LogP contribution in [0.25, 0.3) is 0 Å². The summed E-state index contributed by atoms with van der Waals surface area (Å²) in [5, 5.41) is 27.1. The molecule has 0 radical (unpaired) electrons. The minimum absolute atomic E-state index is 0.0425. The monoisotopic (exact) mass is 197 g/mol. The van der Waals surface area contributed by atoms with Gasteiger partial charge in [0.05, 0.1) is 0 Å². The maximum Gasteiger partial charge on any atom is 0.323 e. The van der Waals surface area contributed by atoms with Crippen LogP contribution >= 0.6 is 0 Å². The summed E-state index contributed by atoms with van der Waals surface area (Å²) in [6.45, 7) is 0. The Labute approximate surface area is 80.4 Å². The van der Waals surface area contributed by atoms with E-state index in [2.05, 4.69) is 0 Å². The van der Waals surface area contributed by atoms with Gasteiger partial charge in [0.1, 0.15) is 17.9 Å². The summed E-state index contributed by atoms with van der Waals surface area (Å²) < 4.78 is 0. The Balaban J connectivity index is 2.89. The highest BCUT2D eigenvalue weighted by atomic mass is 16.4. The number of carbonyl (C=O) groups is 1. The molecule has 0 bridgehead atoms. The first kappa shape index (κ1) is 10.5. The number of phenolic OH excluding ortho intramolecular Hbond substituents is 1. The summed E-state index contributed by atoms with van der Waals surface area (Å²) in [7, 11) is 0. The molecule has 5 nitrogen and oxygen atoms in total. The van der Waals surface area contributed by atoms with Crippen molar-refractivity contribution < 1.29 is 20.1 Å². The number of phenols is 1. The molecule has 0 aliphatic heterocycles. The lowest BCUT2D eigenvalue weighted by atomic mass is 10.0. The number of aromatic hydroxyl groups is 1. The van der Waals surface area contributed by atoms with Crippen LogP contribution in [0.1, 0.15) is 11.7 Å². The van der Waals surface area contributed by atoms with Gasteiger partial charge in [-0.15, -0.1) is 0 Å². The molecule has 0 aromatic heterocycles. The molecule has 1 aromatic rings. The minimum atomic E-state index is -1.39. The molecule has 0 saturated carbocycles. The molecule has 2 atom stereocenters. The van der Waals surface area contributed by atoms with Crippen LogP contribution in [0.5, 0.6) is 5.75 Å². The van der Waals surface area contributed by atoms with Crippen molar-refractivity contribution in [3.05, 3.63) is 29.8 Å². The standard InChI is InChI=1S/C9H11NO4/c10-7(9(13)14)8(12)5-2-1-3-6(11)4-5/h1-4,7-8,11-12H,10H2,(H,13,14)/t7-,8-/m1/s1. The van der Waals surface area contributed by atoms with Gasteiger partial charge in [-0.05, 0) is 17.7 Å². The van der Waals surface area contributed by atoms with Gasteiger partial charge in [-0.2, -0.15) is 0 Å². The number of hydrogen-bond donors (Lipinski definition) is 4. The zero-order valence-electron chi connectivity index (χ0n) is 7.29. The second kappa shape index (κ2) is 4.08. The number of hydrogen-bond acceptors (Lipinski definition) is 4. The molecule has 0 fully saturated rings. The third kappa shape index (κ3) is 2.21. The van der Waals surface area contributed by atoms with Crippen molar-refractivity contribution in [1.82, 2.24) is 0 Å². The number of benzene rings is 1. The molecule has 0 unspecified atom stereocenters. The predicted molar refractivity (Wildman–Crippen MR) is 48.7 cm³/mol. The zero-order valence-corrected chi connectivity index (χ0v) is 7.29. The molecule has 14 heavy (non-hydrogen) atoms. The van der Waals surface area contributed by atoms with Gasteiger partial charge in [-0.25, -0.2) is 0 Å². The Morgan fingerprint density at radius 2 is 2.07 bits per heavy atom. The van der Waals surface area contributed by atoms with Crippen molar-refractivity contribution >= 4 is 5.97 Å².